The number of fused-ring (bicyclic) bond motifs is 1. The van der Waals surface area contributed by atoms with Gasteiger partial charge in [-0.25, -0.2) is 9.59 Å². The number of carboxylic acids is 2. The van der Waals surface area contributed by atoms with Crippen LogP contribution in [0.5, 0.6) is 11.5 Å². The molecule has 1 aliphatic carbocycles. The summed E-state index contributed by atoms with van der Waals surface area (Å²) in [6, 6.07) is 12.4. The zero-order valence-corrected chi connectivity index (χ0v) is 17.9. The minimum Gasteiger partial charge on any atom is -0.475 e. The lowest BCUT2D eigenvalue weighted by Gasteiger charge is -2.31. The molecule has 2 aliphatic rings. The number of rotatable bonds is 7. The van der Waals surface area contributed by atoms with Gasteiger partial charge in [0.15, 0.2) is 11.5 Å². The fourth-order valence-electron chi connectivity index (χ4n) is 4.33. The fourth-order valence-corrected chi connectivity index (χ4v) is 4.53. The smallest absolute Gasteiger partial charge is 0.453 e. The van der Waals surface area contributed by atoms with Crippen molar-refractivity contribution in [1.29, 1.82) is 0 Å². The van der Waals surface area contributed by atoms with Gasteiger partial charge in [0.05, 0.1) is 6.10 Å². The van der Waals surface area contributed by atoms with E-state index in [4.69, 9.17) is 21.1 Å². The van der Waals surface area contributed by atoms with E-state index in [0.29, 0.717) is 11.6 Å². The Morgan fingerprint density at radius 1 is 1.09 bits per heavy atom. The van der Waals surface area contributed by atoms with Gasteiger partial charge in [-0.05, 0) is 60.6 Å². The molecule has 9 heteroatoms. The molecule has 1 saturated carbocycles. The van der Waals surface area contributed by atoms with Crippen LogP contribution in [0.4, 0.5) is 0 Å². The third kappa shape index (κ3) is 4.39. The first-order chi connectivity index (χ1) is 15.3. The molecule has 1 aliphatic heterocycles. The fraction of sp³-hybridized carbons (Fsp3) is 0.391. The highest BCUT2D eigenvalue weighted by Gasteiger charge is 2.57. The van der Waals surface area contributed by atoms with Crippen LogP contribution in [0.15, 0.2) is 42.5 Å². The number of benzene rings is 2. The highest BCUT2D eigenvalue weighted by molar-refractivity contribution is 6.30. The van der Waals surface area contributed by atoms with E-state index in [2.05, 4.69) is 5.32 Å². The molecule has 0 bridgehead atoms. The van der Waals surface area contributed by atoms with Crippen molar-refractivity contribution in [3.05, 3.63) is 58.6 Å². The highest BCUT2D eigenvalue weighted by Crippen LogP contribution is 2.43. The Kier molecular flexibility index (Phi) is 6.28. The summed E-state index contributed by atoms with van der Waals surface area (Å²) in [4.78, 5) is 22.9. The SMILES string of the molecule is O=C(O)C1(C(=O)O)Oc2ccc(C3CCCC(NCC(O)c4cccc(Cl)c4)C3)cc2O1. The summed E-state index contributed by atoms with van der Waals surface area (Å²) in [5.74, 6) is -5.81. The zero-order valence-electron chi connectivity index (χ0n) is 17.2. The minimum atomic E-state index is -2.76. The Balaban J connectivity index is 1.40. The van der Waals surface area contributed by atoms with Gasteiger partial charge < -0.3 is 30.1 Å². The van der Waals surface area contributed by atoms with Crippen LogP contribution in [0.2, 0.25) is 5.02 Å². The van der Waals surface area contributed by atoms with Crippen molar-refractivity contribution in [2.75, 3.05) is 6.54 Å². The number of aliphatic hydroxyl groups excluding tert-OH is 1. The van der Waals surface area contributed by atoms with Crippen LogP contribution in [-0.2, 0) is 9.59 Å². The number of halogens is 1. The maximum Gasteiger partial charge on any atom is 0.453 e. The Morgan fingerprint density at radius 2 is 1.84 bits per heavy atom. The Hall–Kier alpha value is -2.81. The van der Waals surface area contributed by atoms with Crippen LogP contribution in [0.25, 0.3) is 0 Å². The Labute approximate surface area is 189 Å². The molecule has 2 aromatic rings. The Bertz CT molecular complexity index is 1010. The topological polar surface area (TPSA) is 125 Å². The lowest BCUT2D eigenvalue weighted by molar-refractivity contribution is -0.194. The van der Waals surface area contributed by atoms with E-state index in [1.165, 1.54) is 0 Å². The van der Waals surface area contributed by atoms with Gasteiger partial charge >= 0.3 is 17.7 Å². The molecule has 0 spiro atoms. The summed E-state index contributed by atoms with van der Waals surface area (Å²) in [5, 5.41) is 33.1. The molecular weight excluding hydrogens is 438 g/mol. The molecule has 1 fully saturated rings. The van der Waals surface area contributed by atoms with E-state index in [0.717, 1.165) is 36.8 Å². The molecule has 8 nitrogen and oxygen atoms in total. The second-order valence-electron chi connectivity index (χ2n) is 8.18. The third-order valence-electron chi connectivity index (χ3n) is 6.02. The highest BCUT2D eigenvalue weighted by atomic mass is 35.5. The normalized spacial score (nSPS) is 22.3. The number of hydrogen-bond donors (Lipinski definition) is 4. The molecule has 4 rings (SSSR count). The van der Waals surface area contributed by atoms with Crippen LogP contribution >= 0.6 is 11.6 Å². The monoisotopic (exact) mass is 461 g/mol. The second-order valence-corrected chi connectivity index (χ2v) is 8.61. The van der Waals surface area contributed by atoms with Gasteiger partial charge in [-0.2, -0.15) is 0 Å². The van der Waals surface area contributed by atoms with Crippen molar-refractivity contribution >= 4 is 23.5 Å². The van der Waals surface area contributed by atoms with Crippen molar-refractivity contribution in [3.63, 3.8) is 0 Å². The maximum absolute atomic E-state index is 11.4. The first-order valence-corrected chi connectivity index (χ1v) is 10.8. The maximum atomic E-state index is 11.4. The second kappa shape index (κ2) is 8.97. The van der Waals surface area contributed by atoms with Gasteiger partial charge in [-0.1, -0.05) is 36.2 Å². The van der Waals surface area contributed by atoms with Gasteiger partial charge in [0, 0.05) is 17.6 Å². The molecule has 3 unspecified atom stereocenters. The average Bonchev–Trinajstić information content (AvgIpc) is 3.18. The van der Waals surface area contributed by atoms with Crippen molar-refractivity contribution in [2.45, 2.75) is 49.5 Å². The summed E-state index contributed by atoms with van der Waals surface area (Å²) in [6.45, 7) is 0.401. The van der Waals surface area contributed by atoms with E-state index in [-0.39, 0.29) is 23.5 Å². The minimum absolute atomic E-state index is 0.0914. The number of nitrogens with one attached hydrogen (secondary N) is 1. The van der Waals surface area contributed by atoms with Crippen LogP contribution in [0.3, 0.4) is 0 Å². The third-order valence-corrected chi connectivity index (χ3v) is 6.25. The summed E-state index contributed by atoms with van der Waals surface area (Å²) in [6.07, 6.45) is 3.06. The van der Waals surface area contributed by atoms with Gasteiger partial charge in [0.2, 0.25) is 0 Å². The first-order valence-electron chi connectivity index (χ1n) is 10.4. The summed E-state index contributed by atoms with van der Waals surface area (Å²) >= 11 is 6.00. The first kappa shape index (κ1) is 22.4. The summed E-state index contributed by atoms with van der Waals surface area (Å²) in [7, 11) is 0. The predicted molar refractivity (Wildman–Crippen MR) is 115 cm³/mol. The van der Waals surface area contributed by atoms with E-state index >= 15 is 0 Å². The molecule has 0 radical (unpaired) electrons. The predicted octanol–water partition coefficient (Wildman–Crippen LogP) is 3.33. The number of carbonyl (C=O) groups is 2. The Morgan fingerprint density at radius 3 is 2.56 bits per heavy atom. The van der Waals surface area contributed by atoms with Crippen molar-refractivity contribution in [2.24, 2.45) is 0 Å². The number of carboxylic acid groups (broad SMARTS) is 2. The van der Waals surface area contributed by atoms with E-state index < -0.39 is 23.8 Å². The van der Waals surface area contributed by atoms with Crippen LogP contribution in [0.1, 0.15) is 48.8 Å². The van der Waals surface area contributed by atoms with Crippen molar-refractivity contribution in [1.82, 2.24) is 5.32 Å². The van der Waals surface area contributed by atoms with E-state index in [9.17, 15) is 24.9 Å². The molecule has 1 heterocycles. The molecule has 2 aromatic carbocycles. The van der Waals surface area contributed by atoms with Gasteiger partial charge in [-0.15, -0.1) is 0 Å². The van der Waals surface area contributed by atoms with Crippen molar-refractivity contribution < 1.29 is 34.4 Å². The lowest BCUT2D eigenvalue weighted by atomic mass is 9.81. The van der Waals surface area contributed by atoms with Crippen LogP contribution < -0.4 is 14.8 Å². The number of ether oxygens (including phenoxy) is 2. The standard InChI is InChI=1S/C23H24ClNO7/c24-16-5-1-4-15(9-16)18(26)12-25-17-6-2-3-13(10-17)14-7-8-19-20(11-14)32-23(31-19,21(27)28)22(29)30/h1,4-5,7-9,11,13,17-18,25-26H,2-3,6,10,12H2,(H,27,28)(H,29,30). The summed E-state index contributed by atoms with van der Waals surface area (Å²) in [5.41, 5.74) is 1.69. The summed E-state index contributed by atoms with van der Waals surface area (Å²) < 4.78 is 10.4. The zero-order chi connectivity index (χ0) is 22.9. The van der Waals surface area contributed by atoms with Gasteiger partial charge in [0.1, 0.15) is 0 Å². The average molecular weight is 462 g/mol. The number of aliphatic hydroxyl groups is 1. The van der Waals surface area contributed by atoms with Gasteiger partial charge in [-0.3, -0.25) is 0 Å². The number of aliphatic carboxylic acids is 2. The van der Waals surface area contributed by atoms with Crippen LogP contribution in [-0.4, -0.2) is 45.6 Å². The molecule has 4 N–H and O–H groups in total. The van der Waals surface area contributed by atoms with Crippen LogP contribution in [0, 0.1) is 0 Å². The quantitative estimate of drug-likeness (QED) is 0.463. The van der Waals surface area contributed by atoms with E-state index in [1.807, 2.05) is 12.1 Å². The molecule has 0 amide bonds. The number of hydrogen-bond acceptors (Lipinski definition) is 6. The van der Waals surface area contributed by atoms with Crippen molar-refractivity contribution in [3.8, 4) is 11.5 Å². The largest absolute Gasteiger partial charge is 0.475 e. The molecular formula is C23H24ClNO7. The van der Waals surface area contributed by atoms with Gasteiger partial charge in [0.25, 0.3) is 0 Å². The molecule has 32 heavy (non-hydrogen) atoms. The molecule has 0 saturated heterocycles. The molecule has 0 aromatic heterocycles. The molecule has 3 atom stereocenters. The molecule has 170 valence electrons. The lowest BCUT2D eigenvalue weighted by Crippen LogP contribution is -2.54. The van der Waals surface area contributed by atoms with E-state index in [1.54, 1.807) is 30.3 Å².